The second-order valence-electron chi connectivity index (χ2n) is 8.08. The number of anilines is 1. The van der Waals surface area contributed by atoms with Gasteiger partial charge in [-0.3, -0.25) is 9.59 Å². The fraction of sp³-hybridized carbons (Fsp3) is 0.280. The standard InChI is InChI=1S/C25H24N2O5S/c28-23(26-15-18-6-5-13-30-18)16-33-22-8-2-1-7-19(22)24(29)27-17-9-10-20-21(14-17)32-25(31-20)11-3-4-12-25/h1-2,5-10,13-14H,3-4,11-12,15-16H2,(H,26,28)(H,27,29). The minimum absolute atomic E-state index is 0.136. The van der Waals surface area contributed by atoms with Crippen molar-refractivity contribution in [2.45, 2.75) is 42.9 Å². The Bertz CT molecular complexity index is 1160. The Labute approximate surface area is 195 Å². The van der Waals surface area contributed by atoms with Crippen molar-refractivity contribution >= 4 is 29.3 Å². The smallest absolute Gasteiger partial charge is 0.256 e. The van der Waals surface area contributed by atoms with Gasteiger partial charge in [-0.1, -0.05) is 12.1 Å². The van der Waals surface area contributed by atoms with E-state index in [2.05, 4.69) is 10.6 Å². The highest BCUT2D eigenvalue weighted by Crippen LogP contribution is 2.47. The summed E-state index contributed by atoms with van der Waals surface area (Å²) >= 11 is 1.32. The summed E-state index contributed by atoms with van der Waals surface area (Å²) in [5.41, 5.74) is 1.14. The summed E-state index contributed by atoms with van der Waals surface area (Å²) in [6.45, 7) is 0.333. The summed E-state index contributed by atoms with van der Waals surface area (Å²) in [6, 6.07) is 16.3. The van der Waals surface area contributed by atoms with Gasteiger partial charge in [-0.2, -0.15) is 0 Å². The highest BCUT2D eigenvalue weighted by molar-refractivity contribution is 8.00. The van der Waals surface area contributed by atoms with Crippen LogP contribution in [0.2, 0.25) is 0 Å². The average Bonchev–Trinajstić information content (AvgIpc) is 3.58. The van der Waals surface area contributed by atoms with Crippen molar-refractivity contribution in [2.75, 3.05) is 11.1 Å². The zero-order chi connectivity index (χ0) is 22.7. The molecule has 1 aliphatic carbocycles. The topological polar surface area (TPSA) is 89.8 Å². The first-order valence-electron chi connectivity index (χ1n) is 10.9. The van der Waals surface area contributed by atoms with Gasteiger partial charge in [0, 0.05) is 29.5 Å². The Hall–Kier alpha value is -3.39. The van der Waals surface area contributed by atoms with E-state index in [-0.39, 0.29) is 17.6 Å². The molecule has 8 heteroatoms. The molecule has 2 heterocycles. The normalized spacial score (nSPS) is 15.5. The Morgan fingerprint density at radius 3 is 2.61 bits per heavy atom. The van der Waals surface area contributed by atoms with Gasteiger partial charge in [-0.05, 0) is 49.2 Å². The molecular formula is C25H24N2O5S. The van der Waals surface area contributed by atoms with Crippen LogP contribution >= 0.6 is 11.8 Å². The first kappa shape index (κ1) is 21.5. The predicted octanol–water partition coefficient (Wildman–Crippen LogP) is 4.98. The van der Waals surface area contributed by atoms with Gasteiger partial charge in [0.1, 0.15) is 5.76 Å². The number of fused-ring (bicyclic) bond motifs is 1. The predicted molar refractivity (Wildman–Crippen MR) is 125 cm³/mol. The van der Waals surface area contributed by atoms with Crippen molar-refractivity contribution in [1.82, 2.24) is 5.32 Å². The number of ether oxygens (including phenoxy) is 2. The molecule has 7 nitrogen and oxygen atoms in total. The molecule has 1 aliphatic heterocycles. The Morgan fingerprint density at radius 1 is 0.970 bits per heavy atom. The van der Waals surface area contributed by atoms with Crippen LogP contribution in [-0.2, 0) is 11.3 Å². The number of carbonyl (C=O) groups is 2. The van der Waals surface area contributed by atoms with Crippen LogP contribution < -0.4 is 20.1 Å². The largest absolute Gasteiger partial charge is 0.467 e. The molecule has 0 saturated heterocycles. The van der Waals surface area contributed by atoms with E-state index in [9.17, 15) is 9.59 Å². The number of furan rings is 1. The number of benzene rings is 2. The number of nitrogens with one attached hydrogen (secondary N) is 2. The number of hydrogen-bond donors (Lipinski definition) is 2. The third-order valence-electron chi connectivity index (χ3n) is 5.69. The number of amides is 2. The van der Waals surface area contributed by atoms with Gasteiger partial charge in [0.05, 0.1) is 24.1 Å². The van der Waals surface area contributed by atoms with Crippen LogP contribution in [0.5, 0.6) is 11.5 Å². The lowest BCUT2D eigenvalue weighted by Crippen LogP contribution is -2.34. The molecule has 0 atom stereocenters. The molecule has 1 fully saturated rings. The number of carbonyl (C=O) groups excluding carboxylic acids is 2. The van der Waals surface area contributed by atoms with Crippen molar-refractivity contribution in [3.63, 3.8) is 0 Å². The van der Waals surface area contributed by atoms with Gasteiger partial charge in [0.15, 0.2) is 11.5 Å². The minimum Gasteiger partial charge on any atom is -0.467 e. The van der Waals surface area contributed by atoms with Gasteiger partial charge in [-0.15, -0.1) is 11.8 Å². The molecule has 3 aromatic rings. The van der Waals surface area contributed by atoms with Gasteiger partial charge in [0.25, 0.3) is 11.7 Å². The monoisotopic (exact) mass is 464 g/mol. The lowest BCUT2D eigenvalue weighted by Gasteiger charge is -2.21. The molecule has 1 saturated carbocycles. The van der Waals surface area contributed by atoms with Gasteiger partial charge >= 0.3 is 0 Å². The van der Waals surface area contributed by atoms with Crippen LogP contribution in [0.15, 0.2) is 70.2 Å². The zero-order valence-electron chi connectivity index (χ0n) is 18.0. The Balaban J connectivity index is 1.21. The summed E-state index contributed by atoms with van der Waals surface area (Å²) in [5, 5.41) is 5.75. The summed E-state index contributed by atoms with van der Waals surface area (Å²) in [4.78, 5) is 25.9. The van der Waals surface area contributed by atoms with E-state index in [0.29, 0.717) is 35.1 Å². The maximum atomic E-state index is 13.0. The summed E-state index contributed by atoms with van der Waals surface area (Å²) < 4.78 is 17.3. The highest BCUT2D eigenvalue weighted by atomic mass is 32.2. The van der Waals surface area contributed by atoms with Crippen molar-refractivity contribution in [3.05, 3.63) is 72.2 Å². The number of thioether (sulfide) groups is 1. The van der Waals surface area contributed by atoms with E-state index >= 15 is 0 Å². The van der Waals surface area contributed by atoms with E-state index < -0.39 is 5.79 Å². The van der Waals surface area contributed by atoms with Crippen molar-refractivity contribution < 1.29 is 23.5 Å². The maximum absolute atomic E-state index is 13.0. The zero-order valence-corrected chi connectivity index (χ0v) is 18.8. The Kier molecular flexibility index (Phi) is 6.00. The van der Waals surface area contributed by atoms with E-state index in [1.807, 2.05) is 24.3 Å². The molecule has 0 bridgehead atoms. The van der Waals surface area contributed by atoms with E-state index in [0.717, 1.165) is 30.6 Å². The summed E-state index contributed by atoms with van der Waals surface area (Å²) in [6.07, 6.45) is 5.50. The van der Waals surface area contributed by atoms with Crippen LogP contribution in [0.3, 0.4) is 0 Å². The molecule has 0 radical (unpaired) electrons. The molecule has 5 rings (SSSR count). The number of hydrogen-bond acceptors (Lipinski definition) is 6. The van der Waals surface area contributed by atoms with E-state index in [1.165, 1.54) is 11.8 Å². The molecule has 2 aromatic carbocycles. The Morgan fingerprint density at radius 2 is 1.79 bits per heavy atom. The quantitative estimate of drug-likeness (QED) is 0.479. The van der Waals surface area contributed by atoms with Gasteiger partial charge in [-0.25, -0.2) is 0 Å². The highest BCUT2D eigenvalue weighted by Gasteiger charge is 2.44. The fourth-order valence-corrected chi connectivity index (χ4v) is 4.94. The van der Waals surface area contributed by atoms with Crippen LogP contribution in [0.25, 0.3) is 0 Å². The summed E-state index contributed by atoms with van der Waals surface area (Å²) in [5.74, 6) is 1.34. The van der Waals surface area contributed by atoms with E-state index in [1.54, 1.807) is 36.6 Å². The van der Waals surface area contributed by atoms with Crippen molar-refractivity contribution in [1.29, 1.82) is 0 Å². The van der Waals surface area contributed by atoms with Crippen LogP contribution in [-0.4, -0.2) is 23.4 Å². The molecular weight excluding hydrogens is 440 g/mol. The lowest BCUT2D eigenvalue weighted by atomic mass is 10.2. The molecule has 2 amide bonds. The first-order chi connectivity index (χ1) is 16.1. The second-order valence-corrected chi connectivity index (χ2v) is 9.10. The summed E-state index contributed by atoms with van der Waals surface area (Å²) in [7, 11) is 0. The van der Waals surface area contributed by atoms with Gasteiger partial charge in [0.2, 0.25) is 5.91 Å². The third-order valence-corrected chi connectivity index (χ3v) is 6.76. The molecule has 2 aliphatic rings. The van der Waals surface area contributed by atoms with Crippen molar-refractivity contribution in [2.24, 2.45) is 0 Å². The molecule has 1 spiro atoms. The van der Waals surface area contributed by atoms with Crippen LogP contribution in [0, 0.1) is 0 Å². The average molecular weight is 465 g/mol. The third kappa shape index (κ3) is 4.85. The lowest BCUT2D eigenvalue weighted by molar-refractivity contribution is -0.118. The minimum atomic E-state index is -0.536. The molecule has 0 unspecified atom stereocenters. The maximum Gasteiger partial charge on any atom is 0.256 e. The van der Waals surface area contributed by atoms with Gasteiger partial charge < -0.3 is 24.5 Å². The second kappa shape index (κ2) is 9.23. The SMILES string of the molecule is O=C(CSc1ccccc1C(=O)Nc1ccc2c(c1)OC1(CCCC1)O2)NCc1ccco1. The molecule has 2 N–H and O–H groups in total. The fourth-order valence-electron chi connectivity index (χ4n) is 4.06. The van der Waals surface area contributed by atoms with Crippen LogP contribution in [0.4, 0.5) is 5.69 Å². The molecule has 170 valence electrons. The molecule has 1 aromatic heterocycles. The van der Waals surface area contributed by atoms with Crippen molar-refractivity contribution in [3.8, 4) is 11.5 Å². The van der Waals surface area contributed by atoms with Crippen LogP contribution in [0.1, 0.15) is 41.8 Å². The number of rotatable bonds is 7. The first-order valence-corrected chi connectivity index (χ1v) is 11.9. The van der Waals surface area contributed by atoms with E-state index in [4.69, 9.17) is 13.9 Å². The molecule has 33 heavy (non-hydrogen) atoms.